The maximum Gasteiger partial charge on any atom is 0.282 e. The number of amides is 2. The van der Waals surface area contributed by atoms with E-state index in [0.29, 0.717) is 29.4 Å². The molecular formula is C16H20ClN4O2+. The van der Waals surface area contributed by atoms with E-state index in [1.165, 1.54) is 0 Å². The number of hydrogen-bond donors (Lipinski definition) is 2. The van der Waals surface area contributed by atoms with E-state index in [-0.39, 0.29) is 17.9 Å². The molecule has 0 unspecified atom stereocenters. The Kier molecular flexibility index (Phi) is 5.59. The third kappa shape index (κ3) is 4.21. The minimum Gasteiger partial charge on any atom is -0.332 e. The summed E-state index contributed by atoms with van der Waals surface area (Å²) < 4.78 is 0. The molecule has 1 aromatic carbocycles. The Balaban J connectivity index is 1.94. The molecule has 1 aromatic rings. The number of nitrogens with zero attached hydrogens (tertiary/aromatic N) is 2. The van der Waals surface area contributed by atoms with Crippen LogP contribution in [0.5, 0.6) is 0 Å². The third-order valence-electron chi connectivity index (χ3n) is 4.21. The lowest BCUT2D eigenvalue weighted by Gasteiger charge is -2.34. The molecule has 1 heterocycles. The summed E-state index contributed by atoms with van der Waals surface area (Å²) in [6, 6.07) is 6.59. The summed E-state index contributed by atoms with van der Waals surface area (Å²) in [5.41, 5.74) is 0.955. The van der Waals surface area contributed by atoms with Gasteiger partial charge in [-0.15, -0.1) is 0 Å². The van der Waals surface area contributed by atoms with E-state index in [1.807, 2.05) is 13.0 Å². The van der Waals surface area contributed by atoms with Crippen LogP contribution in [0, 0.1) is 11.3 Å². The van der Waals surface area contributed by atoms with Crippen molar-refractivity contribution in [3.8, 4) is 6.07 Å². The molecule has 122 valence electrons. The molecular weight excluding hydrogens is 316 g/mol. The number of halogens is 1. The Hall–Kier alpha value is -2.10. The monoisotopic (exact) mass is 335 g/mol. The Morgan fingerprint density at radius 2 is 2.04 bits per heavy atom. The number of rotatable bonds is 3. The van der Waals surface area contributed by atoms with Crippen LogP contribution in [0.2, 0.25) is 5.02 Å². The number of anilines is 1. The first-order chi connectivity index (χ1) is 10.9. The van der Waals surface area contributed by atoms with Gasteiger partial charge in [0.2, 0.25) is 5.91 Å². The second-order valence-electron chi connectivity index (χ2n) is 5.68. The highest BCUT2D eigenvalue weighted by Gasteiger charge is 2.29. The highest BCUT2D eigenvalue weighted by Crippen LogP contribution is 2.20. The van der Waals surface area contributed by atoms with Gasteiger partial charge in [0, 0.05) is 12.6 Å². The quantitative estimate of drug-likeness (QED) is 0.833. The molecule has 1 atom stereocenters. The summed E-state index contributed by atoms with van der Waals surface area (Å²) in [5, 5.41) is 12.0. The van der Waals surface area contributed by atoms with Crippen LogP contribution in [-0.2, 0) is 9.59 Å². The molecule has 0 radical (unpaired) electrons. The Morgan fingerprint density at radius 1 is 1.39 bits per heavy atom. The largest absolute Gasteiger partial charge is 0.332 e. The molecule has 0 spiro atoms. The predicted octanol–water partition coefficient (Wildman–Crippen LogP) is 0.286. The minimum atomic E-state index is -0.224. The Labute approximate surface area is 140 Å². The van der Waals surface area contributed by atoms with E-state index < -0.39 is 0 Å². The molecule has 0 saturated carbocycles. The number of quaternary nitrogens is 1. The Bertz CT molecular complexity index is 648. The second kappa shape index (κ2) is 7.44. The van der Waals surface area contributed by atoms with Crippen molar-refractivity contribution in [3.63, 3.8) is 0 Å². The fourth-order valence-corrected chi connectivity index (χ4v) is 2.88. The number of piperazine rings is 1. The van der Waals surface area contributed by atoms with Gasteiger partial charge in [0.1, 0.15) is 6.07 Å². The van der Waals surface area contributed by atoms with Crippen LogP contribution in [0.1, 0.15) is 19.4 Å². The molecule has 23 heavy (non-hydrogen) atoms. The smallest absolute Gasteiger partial charge is 0.282 e. The van der Waals surface area contributed by atoms with Gasteiger partial charge in [0.15, 0.2) is 6.04 Å². The van der Waals surface area contributed by atoms with Crippen LogP contribution in [0.3, 0.4) is 0 Å². The zero-order valence-corrected chi connectivity index (χ0v) is 14.0. The number of hydrogen-bond acceptors (Lipinski definition) is 3. The van der Waals surface area contributed by atoms with Crippen molar-refractivity contribution >= 4 is 29.1 Å². The SMILES string of the molecule is CC(=O)N1CC[NH+]([C@@H](C)C(=O)Nc2ccc(C#N)c(Cl)c2)CC1. The van der Waals surface area contributed by atoms with Gasteiger partial charge in [-0.3, -0.25) is 9.59 Å². The molecule has 1 saturated heterocycles. The maximum atomic E-state index is 12.4. The van der Waals surface area contributed by atoms with Crippen LogP contribution in [-0.4, -0.2) is 48.9 Å². The fraction of sp³-hybridized carbons (Fsp3) is 0.438. The molecule has 2 N–H and O–H groups in total. The van der Waals surface area contributed by atoms with Crippen LogP contribution in [0.4, 0.5) is 5.69 Å². The summed E-state index contributed by atoms with van der Waals surface area (Å²) in [7, 11) is 0. The zero-order chi connectivity index (χ0) is 17.0. The van der Waals surface area contributed by atoms with E-state index in [1.54, 1.807) is 30.0 Å². The van der Waals surface area contributed by atoms with E-state index in [0.717, 1.165) is 18.0 Å². The van der Waals surface area contributed by atoms with E-state index in [2.05, 4.69) is 5.32 Å². The van der Waals surface area contributed by atoms with Crippen molar-refractivity contribution in [2.24, 2.45) is 0 Å². The van der Waals surface area contributed by atoms with Gasteiger partial charge in [-0.25, -0.2) is 0 Å². The van der Waals surface area contributed by atoms with Crippen LogP contribution < -0.4 is 10.2 Å². The van der Waals surface area contributed by atoms with Gasteiger partial charge in [-0.2, -0.15) is 5.26 Å². The van der Waals surface area contributed by atoms with Crippen molar-refractivity contribution in [2.45, 2.75) is 19.9 Å². The topological polar surface area (TPSA) is 77.6 Å². The first-order valence-corrected chi connectivity index (χ1v) is 7.90. The number of nitriles is 1. The molecule has 1 fully saturated rings. The average Bonchev–Trinajstić information content (AvgIpc) is 2.54. The summed E-state index contributed by atoms with van der Waals surface area (Å²) in [5.74, 6) is -0.0228. The lowest BCUT2D eigenvalue weighted by molar-refractivity contribution is -0.917. The molecule has 2 rings (SSSR count). The van der Waals surface area contributed by atoms with E-state index >= 15 is 0 Å². The summed E-state index contributed by atoms with van der Waals surface area (Å²) in [6.07, 6.45) is 0. The zero-order valence-electron chi connectivity index (χ0n) is 13.2. The first-order valence-electron chi connectivity index (χ1n) is 7.53. The highest BCUT2D eigenvalue weighted by atomic mass is 35.5. The number of benzene rings is 1. The fourth-order valence-electron chi connectivity index (χ4n) is 2.66. The number of carbonyl (C=O) groups excluding carboxylic acids is 2. The molecule has 6 nitrogen and oxygen atoms in total. The van der Waals surface area contributed by atoms with Gasteiger partial charge < -0.3 is 15.1 Å². The van der Waals surface area contributed by atoms with Crippen molar-refractivity contribution < 1.29 is 14.5 Å². The molecule has 1 aliphatic heterocycles. The molecule has 2 amide bonds. The first kappa shape index (κ1) is 17.3. The van der Waals surface area contributed by atoms with E-state index in [9.17, 15) is 9.59 Å². The maximum absolute atomic E-state index is 12.4. The molecule has 0 aromatic heterocycles. The van der Waals surface area contributed by atoms with E-state index in [4.69, 9.17) is 16.9 Å². The van der Waals surface area contributed by atoms with Crippen LogP contribution in [0.25, 0.3) is 0 Å². The minimum absolute atomic E-state index is 0.0772. The molecule has 0 bridgehead atoms. The lowest BCUT2D eigenvalue weighted by atomic mass is 10.2. The lowest BCUT2D eigenvalue weighted by Crippen LogP contribution is -3.19. The van der Waals surface area contributed by atoms with Crippen molar-refractivity contribution in [1.29, 1.82) is 5.26 Å². The highest BCUT2D eigenvalue weighted by molar-refractivity contribution is 6.32. The van der Waals surface area contributed by atoms with Crippen LogP contribution >= 0.6 is 11.6 Å². The molecule has 7 heteroatoms. The van der Waals surface area contributed by atoms with Gasteiger partial charge in [-0.05, 0) is 25.1 Å². The number of nitrogens with one attached hydrogen (secondary N) is 2. The normalized spacial score (nSPS) is 16.5. The van der Waals surface area contributed by atoms with Gasteiger partial charge >= 0.3 is 0 Å². The molecule has 1 aliphatic rings. The van der Waals surface area contributed by atoms with Gasteiger partial charge in [0.05, 0.1) is 36.8 Å². The van der Waals surface area contributed by atoms with Crippen molar-refractivity contribution in [2.75, 3.05) is 31.5 Å². The second-order valence-corrected chi connectivity index (χ2v) is 6.09. The predicted molar refractivity (Wildman–Crippen MR) is 87.2 cm³/mol. The number of carbonyl (C=O) groups is 2. The summed E-state index contributed by atoms with van der Waals surface area (Å²) in [6.45, 7) is 6.29. The van der Waals surface area contributed by atoms with Crippen molar-refractivity contribution in [1.82, 2.24) is 4.90 Å². The molecule has 0 aliphatic carbocycles. The van der Waals surface area contributed by atoms with Gasteiger partial charge in [0.25, 0.3) is 5.91 Å². The third-order valence-corrected chi connectivity index (χ3v) is 4.53. The standard InChI is InChI=1S/C16H19ClN4O2/c1-11(20-5-7-21(8-6-20)12(2)22)16(23)19-14-4-3-13(10-18)15(17)9-14/h3-4,9,11H,5-8H2,1-2H3,(H,19,23)/p+1/t11-/m0/s1. The van der Waals surface area contributed by atoms with Crippen LogP contribution in [0.15, 0.2) is 18.2 Å². The Morgan fingerprint density at radius 3 is 2.57 bits per heavy atom. The summed E-state index contributed by atoms with van der Waals surface area (Å²) >= 11 is 5.97. The van der Waals surface area contributed by atoms with Gasteiger partial charge in [-0.1, -0.05) is 11.6 Å². The van der Waals surface area contributed by atoms with Crippen molar-refractivity contribution in [3.05, 3.63) is 28.8 Å². The summed E-state index contributed by atoms with van der Waals surface area (Å²) in [4.78, 5) is 26.7. The average molecular weight is 336 g/mol.